The van der Waals surface area contributed by atoms with Crippen LogP contribution in [0.2, 0.25) is 0 Å². The fraction of sp³-hybridized carbons (Fsp3) is 0.400. The zero-order valence-electron chi connectivity index (χ0n) is 18.5. The highest BCUT2D eigenvalue weighted by Crippen LogP contribution is 2.42. The van der Waals surface area contributed by atoms with Crippen LogP contribution in [0, 0.1) is 17.2 Å². The van der Waals surface area contributed by atoms with Crippen molar-refractivity contribution in [1.82, 2.24) is 15.0 Å². The van der Waals surface area contributed by atoms with E-state index in [-0.39, 0.29) is 11.8 Å². The van der Waals surface area contributed by atoms with Crippen LogP contribution in [0.1, 0.15) is 57.1 Å². The van der Waals surface area contributed by atoms with Gasteiger partial charge in [0, 0.05) is 23.5 Å². The summed E-state index contributed by atoms with van der Waals surface area (Å²) < 4.78 is 19.7. The molecule has 1 aromatic carbocycles. The third kappa shape index (κ3) is 4.29. The van der Waals surface area contributed by atoms with E-state index in [1.807, 2.05) is 12.1 Å². The van der Waals surface area contributed by atoms with E-state index in [0.29, 0.717) is 17.3 Å². The van der Waals surface area contributed by atoms with Gasteiger partial charge in [0.05, 0.1) is 34.4 Å². The van der Waals surface area contributed by atoms with Gasteiger partial charge in [-0.05, 0) is 62.8 Å². The van der Waals surface area contributed by atoms with Gasteiger partial charge in [0.1, 0.15) is 11.8 Å². The molecule has 2 aromatic heterocycles. The molecular weight excluding hydrogens is 421 g/mol. The summed E-state index contributed by atoms with van der Waals surface area (Å²) in [5.41, 5.74) is 10.1. The minimum atomic E-state index is -1.86. The Morgan fingerprint density at radius 1 is 1.24 bits per heavy atom. The van der Waals surface area contributed by atoms with Gasteiger partial charge in [-0.3, -0.25) is 4.98 Å². The van der Waals surface area contributed by atoms with Gasteiger partial charge in [0.25, 0.3) is 0 Å². The SMILES string of the molecule is C[C@H](NNc1ccc(-c2c(C#N)c3ccc(OC(=O)F)cc3n2C2CCCC2)nc1)C1CC1. The minimum absolute atomic E-state index is 0.117. The van der Waals surface area contributed by atoms with Crippen molar-refractivity contribution in [2.75, 3.05) is 5.43 Å². The zero-order chi connectivity index (χ0) is 22.9. The average molecular weight is 448 g/mol. The van der Waals surface area contributed by atoms with Crippen LogP contribution in [-0.4, -0.2) is 21.8 Å². The molecule has 0 bridgehead atoms. The lowest BCUT2D eigenvalue weighted by Crippen LogP contribution is -2.33. The smallest absolute Gasteiger partial charge is 0.401 e. The number of carbonyl (C=O) groups excluding carboxylic acids is 1. The van der Waals surface area contributed by atoms with Gasteiger partial charge in [-0.2, -0.15) is 5.26 Å². The van der Waals surface area contributed by atoms with Gasteiger partial charge in [-0.15, -0.1) is 4.39 Å². The largest absolute Gasteiger partial charge is 0.500 e. The van der Waals surface area contributed by atoms with E-state index in [1.54, 1.807) is 18.3 Å². The highest BCUT2D eigenvalue weighted by atomic mass is 19.1. The second-order valence-corrected chi connectivity index (χ2v) is 8.99. The monoisotopic (exact) mass is 447 g/mol. The number of hydrogen-bond acceptors (Lipinski definition) is 6. The van der Waals surface area contributed by atoms with E-state index in [0.717, 1.165) is 53.9 Å². The molecule has 2 aliphatic rings. The lowest BCUT2D eigenvalue weighted by Gasteiger charge is -2.18. The molecule has 0 aliphatic heterocycles. The maximum Gasteiger partial charge on any atom is 0.500 e. The first-order chi connectivity index (χ1) is 16.0. The third-order valence-corrected chi connectivity index (χ3v) is 6.75. The highest BCUT2D eigenvalue weighted by molar-refractivity contribution is 5.95. The van der Waals surface area contributed by atoms with Gasteiger partial charge in [-0.1, -0.05) is 12.8 Å². The van der Waals surface area contributed by atoms with E-state index in [2.05, 4.69) is 38.1 Å². The first-order valence-electron chi connectivity index (χ1n) is 11.5. The van der Waals surface area contributed by atoms with Gasteiger partial charge < -0.3 is 14.7 Å². The highest BCUT2D eigenvalue weighted by Gasteiger charge is 2.28. The Kier molecular flexibility index (Phi) is 5.73. The maximum absolute atomic E-state index is 12.9. The van der Waals surface area contributed by atoms with Crippen molar-refractivity contribution >= 4 is 22.8 Å². The molecule has 0 unspecified atom stereocenters. The maximum atomic E-state index is 12.9. The quantitative estimate of drug-likeness (QED) is 0.347. The van der Waals surface area contributed by atoms with Crippen molar-refractivity contribution in [3.8, 4) is 23.2 Å². The number of pyridine rings is 1. The molecule has 8 heteroatoms. The number of anilines is 1. The Hall–Kier alpha value is -3.44. The third-order valence-electron chi connectivity index (χ3n) is 6.75. The number of nitriles is 1. The van der Waals surface area contributed by atoms with Crippen molar-refractivity contribution in [1.29, 1.82) is 5.26 Å². The number of ether oxygens (including phenoxy) is 1. The molecule has 2 saturated carbocycles. The molecule has 0 saturated heterocycles. The van der Waals surface area contributed by atoms with Crippen LogP contribution in [0.3, 0.4) is 0 Å². The summed E-state index contributed by atoms with van der Waals surface area (Å²) in [5.74, 6) is 0.845. The fourth-order valence-electron chi connectivity index (χ4n) is 4.87. The summed E-state index contributed by atoms with van der Waals surface area (Å²) in [6.45, 7) is 2.17. The Morgan fingerprint density at radius 3 is 2.67 bits per heavy atom. The van der Waals surface area contributed by atoms with Gasteiger partial charge >= 0.3 is 6.22 Å². The van der Waals surface area contributed by atoms with Crippen LogP contribution in [0.15, 0.2) is 36.5 Å². The normalized spacial score (nSPS) is 17.1. The number of halogens is 1. The standard InChI is InChI=1S/C25H26FN5O2/c1-15(16-6-7-16)29-30-17-8-11-22(28-14-17)24-21(13-27)20-10-9-19(33-25(26)32)12-23(20)31(24)18-4-2-3-5-18/h8-12,14-16,18,29-30H,2-7H2,1H3/t15-/m0/s1. The van der Waals surface area contributed by atoms with Crippen molar-refractivity contribution < 1.29 is 13.9 Å². The number of fused-ring (bicyclic) bond motifs is 1. The summed E-state index contributed by atoms with van der Waals surface area (Å²) >= 11 is 0. The molecule has 0 spiro atoms. The molecule has 33 heavy (non-hydrogen) atoms. The molecule has 2 N–H and O–H groups in total. The number of benzene rings is 1. The number of hydrazine groups is 1. The van der Waals surface area contributed by atoms with Crippen LogP contribution in [0.4, 0.5) is 14.9 Å². The van der Waals surface area contributed by atoms with Crippen molar-refractivity contribution in [2.24, 2.45) is 5.92 Å². The van der Waals surface area contributed by atoms with Crippen LogP contribution in [-0.2, 0) is 0 Å². The summed E-state index contributed by atoms with van der Waals surface area (Å²) in [5, 5.41) is 10.8. The molecule has 3 aromatic rings. The lowest BCUT2D eigenvalue weighted by atomic mass is 10.1. The van der Waals surface area contributed by atoms with Gasteiger partial charge in [0.15, 0.2) is 0 Å². The van der Waals surface area contributed by atoms with E-state index in [1.165, 1.54) is 18.9 Å². The van der Waals surface area contributed by atoms with Crippen LogP contribution < -0.4 is 15.6 Å². The number of hydrogen-bond donors (Lipinski definition) is 2. The van der Waals surface area contributed by atoms with Crippen LogP contribution >= 0.6 is 0 Å². The molecule has 5 rings (SSSR count). The van der Waals surface area contributed by atoms with E-state index < -0.39 is 6.22 Å². The molecule has 0 radical (unpaired) electrons. The number of aromatic nitrogens is 2. The van der Waals surface area contributed by atoms with E-state index in [4.69, 9.17) is 0 Å². The predicted octanol–water partition coefficient (Wildman–Crippen LogP) is 5.87. The topological polar surface area (TPSA) is 92.0 Å². The van der Waals surface area contributed by atoms with Crippen molar-refractivity contribution in [3.05, 3.63) is 42.1 Å². The summed E-state index contributed by atoms with van der Waals surface area (Å²) in [7, 11) is 0. The molecule has 0 amide bonds. The molecule has 2 aliphatic carbocycles. The van der Waals surface area contributed by atoms with E-state index >= 15 is 0 Å². The van der Waals surface area contributed by atoms with Crippen molar-refractivity contribution in [2.45, 2.75) is 57.5 Å². The Labute approximate surface area is 191 Å². The number of nitrogens with zero attached hydrogens (tertiary/aromatic N) is 3. The van der Waals surface area contributed by atoms with Crippen molar-refractivity contribution in [3.63, 3.8) is 0 Å². The Morgan fingerprint density at radius 2 is 2.03 bits per heavy atom. The Balaban J connectivity index is 1.55. The van der Waals surface area contributed by atoms with Crippen LogP contribution in [0.25, 0.3) is 22.3 Å². The number of rotatable bonds is 7. The second-order valence-electron chi connectivity index (χ2n) is 8.99. The first kappa shape index (κ1) is 21.4. The number of nitrogens with one attached hydrogen (secondary N) is 2. The Bertz CT molecular complexity index is 1220. The summed E-state index contributed by atoms with van der Waals surface area (Å²) in [6, 6.07) is 11.6. The molecule has 2 fully saturated rings. The van der Waals surface area contributed by atoms with Crippen LogP contribution in [0.5, 0.6) is 5.75 Å². The molecule has 7 nitrogen and oxygen atoms in total. The predicted molar refractivity (Wildman–Crippen MR) is 123 cm³/mol. The summed E-state index contributed by atoms with van der Waals surface area (Å²) in [4.78, 5) is 15.5. The van der Waals surface area contributed by atoms with Gasteiger partial charge in [0.2, 0.25) is 0 Å². The first-order valence-corrected chi connectivity index (χ1v) is 11.5. The molecule has 1 atom stereocenters. The zero-order valence-corrected chi connectivity index (χ0v) is 18.5. The molecular formula is C25H26FN5O2. The molecule has 170 valence electrons. The second kappa shape index (κ2) is 8.83. The lowest BCUT2D eigenvalue weighted by molar-refractivity contribution is 0.176. The van der Waals surface area contributed by atoms with Gasteiger partial charge in [-0.25, -0.2) is 10.2 Å². The van der Waals surface area contributed by atoms with E-state index in [9.17, 15) is 14.4 Å². The minimum Gasteiger partial charge on any atom is -0.401 e. The number of carbonyl (C=O) groups is 1. The fourth-order valence-corrected chi connectivity index (χ4v) is 4.87. The average Bonchev–Trinajstić information content (AvgIpc) is 3.43. The summed E-state index contributed by atoms with van der Waals surface area (Å²) in [6.07, 6.45) is 6.61. The molecule has 2 heterocycles.